The van der Waals surface area contributed by atoms with E-state index in [0.29, 0.717) is 23.6 Å². The van der Waals surface area contributed by atoms with Gasteiger partial charge in [0.25, 0.3) is 0 Å². The Morgan fingerprint density at radius 2 is 1.81 bits per heavy atom. The molecule has 7 nitrogen and oxygen atoms in total. The Hall–Kier alpha value is -2.97. The van der Waals surface area contributed by atoms with Gasteiger partial charge < -0.3 is 9.73 Å². The van der Waals surface area contributed by atoms with Crippen LogP contribution in [0.15, 0.2) is 58.5 Å². The van der Waals surface area contributed by atoms with Crippen molar-refractivity contribution in [3.8, 4) is 11.3 Å². The molecular formula is C17H13ClN6OS. The van der Waals surface area contributed by atoms with Gasteiger partial charge in [-0.1, -0.05) is 30.3 Å². The third-order valence-electron chi connectivity index (χ3n) is 3.40. The van der Waals surface area contributed by atoms with E-state index >= 15 is 0 Å². The summed E-state index contributed by atoms with van der Waals surface area (Å²) >= 11 is 7.46. The largest absolute Gasteiger partial charge is 0.467 e. The second-order valence-electron chi connectivity index (χ2n) is 5.21. The molecule has 4 aromatic rings. The molecule has 0 atom stereocenters. The Morgan fingerprint density at radius 3 is 2.62 bits per heavy atom. The lowest BCUT2D eigenvalue weighted by Crippen LogP contribution is -2.06. The number of halogens is 1. The van der Waals surface area contributed by atoms with Crippen LogP contribution in [0.25, 0.3) is 11.3 Å². The number of rotatable bonds is 6. The van der Waals surface area contributed by atoms with Crippen LogP contribution in [0.5, 0.6) is 0 Å². The lowest BCUT2D eigenvalue weighted by atomic mass is 10.2. The van der Waals surface area contributed by atoms with Crippen LogP contribution >= 0.6 is 22.9 Å². The zero-order valence-corrected chi connectivity index (χ0v) is 15.0. The molecule has 130 valence electrons. The average Bonchev–Trinajstić information content (AvgIpc) is 3.32. The maximum absolute atomic E-state index is 6.00. The van der Waals surface area contributed by atoms with Crippen molar-refractivity contribution in [2.75, 3.05) is 10.6 Å². The van der Waals surface area contributed by atoms with Gasteiger partial charge >= 0.3 is 0 Å². The number of aromatic nitrogens is 4. The zero-order chi connectivity index (χ0) is 17.8. The quantitative estimate of drug-likeness (QED) is 0.502. The summed E-state index contributed by atoms with van der Waals surface area (Å²) in [6, 6.07) is 13.6. The van der Waals surface area contributed by atoms with Gasteiger partial charge in [0.1, 0.15) is 5.76 Å². The van der Waals surface area contributed by atoms with E-state index in [9.17, 15) is 0 Å². The first-order valence-electron chi connectivity index (χ1n) is 7.72. The van der Waals surface area contributed by atoms with Gasteiger partial charge in [-0.3, -0.25) is 5.32 Å². The number of hydrogen-bond acceptors (Lipinski definition) is 8. The molecular weight excluding hydrogens is 372 g/mol. The number of nitrogens with one attached hydrogen (secondary N) is 2. The molecule has 0 amide bonds. The molecule has 0 bridgehead atoms. The third kappa shape index (κ3) is 3.98. The minimum atomic E-state index is 0.0873. The second kappa shape index (κ2) is 7.51. The van der Waals surface area contributed by atoms with Crippen LogP contribution in [-0.4, -0.2) is 19.9 Å². The molecule has 0 aliphatic rings. The predicted octanol–water partition coefficient (Wildman–Crippen LogP) is 4.60. The summed E-state index contributed by atoms with van der Waals surface area (Å²) in [6.45, 7) is 0.447. The van der Waals surface area contributed by atoms with Crippen molar-refractivity contribution in [2.24, 2.45) is 0 Å². The summed E-state index contributed by atoms with van der Waals surface area (Å²) in [6.07, 6.45) is 1.61. The molecule has 0 radical (unpaired) electrons. The molecule has 0 unspecified atom stereocenters. The number of nitrogens with zero attached hydrogens (tertiary/aromatic N) is 4. The fourth-order valence-electron chi connectivity index (χ4n) is 2.23. The monoisotopic (exact) mass is 384 g/mol. The zero-order valence-electron chi connectivity index (χ0n) is 13.4. The summed E-state index contributed by atoms with van der Waals surface area (Å²) in [4.78, 5) is 17.0. The first-order chi connectivity index (χ1) is 12.8. The van der Waals surface area contributed by atoms with E-state index in [-0.39, 0.29) is 5.28 Å². The molecule has 0 aliphatic carbocycles. The molecule has 9 heteroatoms. The lowest BCUT2D eigenvalue weighted by molar-refractivity contribution is 0.517. The van der Waals surface area contributed by atoms with E-state index in [1.165, 1.54) is 11.3 Å². The third-order valence-corrected chi connectivity index (χ3v) is 4.33. The predicted molar refractivity (Wildman–Crippen MR) is 102 cm³/mol. The highest BCUT2D eigenvalue weighted by Crippen LogP contribution is 2.26. The number of benzene rings is 1. The summed E-state index contributed by atoms with van der Waals surface area (Å²) in [5, 5.41) is 8.84. The smallest absolute Gasteiger partial charge is 0.235 e. The number of furan rings is 1. The van der Waals surface area contributed by atoms with E-state index in [2.05, 4.69) is 30.6 Å². The molecule has 0 saturated carbocycles. The van der Waals surface area contributed by atoms with Gasteiger partial charge in [-0.05, 0) is 23.7 Å². The first kappa shape index (κ1) is 16.5. The summed E-state index contributed by atoms with van der Waals surface area (Å²) in [5.74, 6) is 1.44. The highest BCUT2D eigenvalue weighted by Gasteiger charge is 2.09. The number of anilines is 3. The highest BCUT2D eigenvalue weighted by molar-refractivity contribution is 7.14. The topological polar surface area (TPSA) is 88.8 Å². The van der Waals surface area contributed by atoms with Gasteiger partial charge in [0.15, 0.2) is 5.13 Å². The molecule has 26 heavy (non-hydrogen) atoms. The Bertz CT molecular complexity index is 990. The van der Waals surface area contributed by atoms with Crippen LogP contribution in [0.4, 0.5) is 17.0 Å². The van der Waals surface area contributed by atoms with Crippen LogP contribution in [0.2, 0.25) is 5.28 Å². The van der Waals surface area contributed by atoms with Gasteiger partial charge in [-0.2, -0.15) is 15.0 Å². The molecule has 0 spiro atoms. The van der Waals surface area contributed by atoms with E-state index in [1.807, 2.05) is 47.8 Å². The second-order valence-corrected chi connectivity index (χ2v) is 6.41. The summed E-state index contributed by atoms with van der Waals surface area (Å²) in [7, 11) is 0. The minimum absolute atomic E-state index is 0.0873. The van der Waals surface area contributed by atoms with Crippen molar-refractivity contribution in [1.29, 1.82) is 0 Å². The average molecular weight is 385 g/mol. The number of thiazole rings is 1. The van der Waals surface area contributed by atoms with Crippen molar-refractivity contribution in [3.63, 3.8) is 0 Å². The van der Waals surface area contributed by atoms with Gasteiger partial charge in [0.05, 0.1) is 18.5 Å². The molecule has 3 aromatic heterocycles. The molecule has 0 aliphatic heterocycles. The molecule has 3 heterocycles. The Labute approximate surface area is 158 Å². The standard InChI is InChI=1S/C17H13ClN6OS/c18-14-21-15(19-9-12-7-4-8-25-12)23-16(22-14)24-17-20-13(10-26-17)11-5-2-1-3-6-11/h1-8,10H,9H2,(H2,19,20,21,22,23,24). The van der Waals surface area contributed by atoms with Crippen molar-refractivity contribution < 1.29 is 4.42 Å². The van der Waals surface area contributed by atoms with Crippen LogP contribution < -0.4 is 10.6 Å². The van der Waals surface area contributed by atoms with E-state index in [0.717, 1.165) is 17.0 Å². The Morgan fingerprint density at radius 1 is 0.962 bits per heavy atom. The van der Waals surface area contributed by atoms with Crippen molar-refractivity contribution >= 4 is 40.0 Å². The maximum atomic E-state index is 6.00. The van der Waals surface area contributed by atoms with E-state index in [1.54, 1.807) is 6.26 Å². The molecule has 0 saturated heterocycles. The van der Waals surface area contributed by atoms with E-state index < -0.39 is 0 Å². The fourth-order valence-corrected chi connectivity index (χ4v) is 3.11. The van der Waals surface area contributed by atoms with Crippen molar-refractivity contribution in [2.45, 2.75) is 6.54 Å². The van der Waals surface area contributed by atoms with Crippen molar-refractivity contribution in [1.82, 2.24) is 19.9 Å². The van der Waals surface area contributed by atoms with Gasteiger partial charge in [-0.25, -0.2) is 4.98 Å². The number of hydrogen-bond donors (Lipinski definition) is 2. The Balaban J connectivity index is 1.48. The van der Waals surface area contributed by atoms with Gasteiger partial charge in [0.2, 0.25) is 17.2 Å². The minimum Gasteiger partial charge on any atom is -0.467 e. The maximum Gasteiger partial charge on any atom is 0.235 e. The normalized spacial score (nSPS) is 10.7. The van der Waals surface area contributed by atoms with Crippen LogP contribution in [0, 0.1) is 0 Å². The van der Waals surface area contributed by atoms with E-state index in [4.69, 9.17) is 16.0 Å². The Kier molecular flexibility index (Phi) is 4.76. The van der Waals surface area contributed by atoms with Gasteiger partial charge in [0, 0.05) is 10.9 Å². The lowest BCUT2D eigenvalue weighted by Gasteiger charge is -2.06. The highest BCUT2D eigenvalue weighted by atomic mass is 35.5. The molecule has 0 fully saturated rings. The fraction of sp³-hybridized carbons (Fsp3) is 0.0588. The molecule has 4 rings (SSSR count). The molecule has 1 aromatic carbocycles. The van der Waals surface area contributed by atoms with Crippen LogP contribution in [0.3, 0.4) is 0 Å². The first-order valence-corrected chi connectivity index (χ1v) is 8.98. The summed E-state index contributed by atoms with van der Waals surface area (Å²) < 4.78 is 5.27. The van der Waals surface area contributed by atoms with Crippen LogP contribution in [-0.2, 0) is 6.54 Å². The van der Waals surface area contributed by atoms with Crippen LogP contribution in [0.1, 0.15) is 5.76 Å². The van der Waals surface area contributed by atoms with Crippen molar-refractivity contribution in [3.05, 3.63) is 65.2 Å². The SMILES string of the molecule is Clc1nc(NCc2ccco2)nc(Nc2nc(-c3ccccc3)cs2)n1. The molecule has 2 N–H and O–H groups in total. The summed E-state index contributed by atoms with van der Waals surface area (Å²) in [5.41, 5.74) is 1.93. The van der Waals surface area contributed by atoms with Gasteiger partial charge in [-0.15, -0.1) is 11.3 Å².